The molecule has 1 atom stereocenters. The molecule has 0 fully saturated rings. The van der Waals surface area contributed by atoms with Crippen LogP contribution in [0.3, 0.4) is 0 Å². The molecule has 1 unspecified atom stereocenters. The summed E-state index contributed by atoms with van der Waals surface area (Å²) in [7, 11) is 0. The molecule has 0 aromatic carbocycles. The summed E-state index contributed by atoms with van der Waals surface area (Å²) in [6.45, 7) is 1.65. The molecule has 0 aliphatic rings. The number of aliphatic hydroxyl groups excluding tert-OH is 1. The van der Waals surface area contributed by atoms with Gasteiger partial charge in [0.25, 0.3) is 5.79 Å². The van der Waals surface area contributed by atoms with Crippen LogP contribution in [0.25, 0.3) is 0 Å². The van der Waals surface area contributed by atoms with Crippen LogP contribution in [-0.2, 0) is 0 Å². The SMILES string of the molecule is CCCC(O)C(O)(O)C(O)(O)O.[NaH]. The summed E-state index contributed by atoms with van der Waals surface area (Å²) in [6, 6.07) is 0. The van der Waals surface area contributed by atoms with Crippen molar-refractivity contribution in [3.05, 3.63) is 0 Å². The van der Waals surface area contributed by atoms with E-state index in [2.05, 4.69) is 0 Å². The topological polar surface area (TPSA) is 121 Å². The van der Waals surface area contributed by atoms with Gasteiger partial charge in [-0.05, 0) is 6.42 Å². The van der Waals surface area contributed by atoms with E-state index in [9.17, 15) is 0 Å². The van der Waals surface area contributed by atoms with E-state index in [1.54, 1.807) is 6.92 Å². The van der Waals surface area contributed by atoms with E-state index in [1.807, 2.05) is 0 Å². The standard InChI is InChI=1S/C6H14O6.Na.H/c1-2-3-4(7)5(8,9)6(10,11)12;;/h4,7-12H,2-3H2,1H3;;. The molecule has 76 valence electrons. The Morgan fingerprint density at radius 2 is 1.46 bits per heavy atom. The van der Waals surface area contributed by atoms with Crippen molar-refractivity contribution in [1.82, 2.24) is 0 Å². The van der Waals surface area contributed by atoms with Crippen molar-refractivity contribution in [2.45, 2.75) is 37.6 Å². The molecule has 0 heterocycles. The van der Waals surface area contributed by atoms with Crippen molar-refractivity contribution in [1.29, 1.82) is 0 Å². The van der Waals surface area contributed by atoms with E-state index in [-0.39, 0.29) is 36.0 Å². The summed E-state index contributed by atoms with van der Waals surface area (Å²) < 4.78 is 0. The van der Waals surface area contributed by atoms with Gasteiger partial charge in [-0.3, -0.25) is 0 Å². The van der Waals surface area contributed by atoms with Gasteiger partial charge in [0.15, 0.2) is 0 Å². The van der Waals surface area contributed by atoms with Gasteiger partial charge in [0.2, 0.25) is 0 Å². The number of rotatable bonds is 4. The number of hydrogen-bond acceptors (Lipinski definition) is 6. The quantitative estimate of drug-likeness (QED) is 0.213. The summed E-state index contributed by atoms with van der Waals surface area (Å²) in [5.74, 6) is -7.05. The van der Waals surface area contributed by atoms with E-state index in [0.29, 0.717) is 6.42 Å². The van der Waals surface area contributed by atoms with E-state index in [1.165, 1.54) is 0 Å². The molecule has 0 rings (SSSR count). The Morgan fingerprint density at radius 3 is 1.69 bits per heavy atom. The normalized spacial score (nSPS) is 15.0. The zero-order valence-electron chi connectivity index (χ0n) is 6.67. The maximum atomic E-state index is 8.93. The van der Waals surface area contributed by atoms with Crippen LogP contribution >= 0.6 is 0 Å². The van der Waals surface area contributed by atoms with E-state index in [4.69, 9.17) is 30.6 Å². The minimum absolute atomic E-state index is 0. The Bertz CT molecular complexity index is 143. The second-order valence-corrected chi connectivity index (χ2v) is 2.67. The summed E-state index contributed by atoms with van der Waals surface area (Å²) in [5.41, 5.74) is 0. The predicted octanol–water partition coefficient (Wildman–Crippen LogP) is -3.19. The van der Waals surface area contributed by atoms with Crippen LogP contribution in [0.5, 0.6) is 0 Å². The van der Waals surface area contributed by atoms with Crippen molar-refractivity contribution in [3.8, 4) is 0 Å². The molecule has 6 nitrogen and oxygen atoms in total. The first-order valence-electron chi connectivity index (χ1n) is 3.53. The molecular weight excluding hydrogens is 191 g/mol. The fraction of sp³-hybridized carbons (Fsp3) is 1.00. The first-order chi connectivity index (χ1) is 5.23. The molecule has 0 saturated heterocycles. The number of aliphatic hydroxyl groups is 6. The van der Waals surface area contributed by atoms with Crippen molar-refractivity contribution >= 4 is 29.6 Å². The molecular formula is C6H15NaO6. The predicted molar refractivity (Wildman–Crippen MR) is 44.6 cm³/mol. The van der Waals surface area contributed by atoms with E-state index in [0.717, 1.165) is 0 Å². The van der Waals surface area contributed by atoms with Gasteiger partial charge in [0, 0.05) is 0 Å². The monoisotopic (exact) mass is 206 g/mol. The Balaban J connectivity index is 0. The third kappa shape index (κ3) is 4.20. The molecule has 0 aliphatic heterocycles. The average Bonchev–Trinajstić information content (AvgIpc) is 1.85. The van der Waals surface area contributed by atoms with Gasteiger partial charge >= 0.3 is 35.5 Å². The Kier molecular flexibility index (Phi) is 6.97. The first kappa shape index (κ1) is 16.2. The van der Waals surface area contributed by atoms with Crippen molar-refractivity contribution in [2.24, 2.45) is 0 Å². The third-order valence-electron chi connectivity index (χ3n) is 1.52. The van der Waals surface area contributed by atoms with Crippen LogP contribution in [0.2, 0.25) is 0 Å². The fourth-order valence-corrected chi connectivity index (χ4v) is 0.698. The molecule has 13 heavy (non-hydrogen) atoms. The molecule has 0 bridgehead atoms. The van der Waals surface area contributed by atoms with Crippen LogP contribution in [0.1, 0.15) is 19.8 Å². The molecule has 0 saturated carbocycles. The second-order valence-electron chi connectivity index (χ2n) is 2.67. The Labute approximate surface area is 97.7 Å². The summed E-state index contributed by atoms with van der Waals surface area (Å²) in [6.07, 6.45) is -1.49. The summed E-state index contributed by atoms with van der Waals surface area (Å²) >= 11 is 0. The zero-order valence-corrected chi connectivity index (χ0v) is 6.67. The van der Waals surface area contributed by atoms with Crippen LogP contribution < -0.4 is 0 Å². The minimum atomic E-state index is -3.72. The van der Waals surface area contributed by atoms with E-state index >= 15 is 0 Å². The molecule has 0 amide bonds. The van der Waals surface area contributed by atoms with Gasteiger partial charge in [-0.25, -0.2) is 0 Å². The van der Waals surface area contributed by atoms with Crippen molar-refractivity contribution in [3.63, 3.8) is 0 Å². The van der Waals surface area contributed by atoms with Gasteiger partial charge in [0.1, 0.15) is 6.10 Å². The molecule has 7 heteroatoms. The molecule has 0 aromatic rings. The zero-order chi connectivity index (χ0) is 9.99. The fourth-order valence-electron chi connectivity index (χ4n) is 0.698. The van der Waals surface area contributed by atoms with Gasteiger partial charge in [-0.15, -0.1) is 0 Å². The maximum absolute atomic E-state index is 8.93. The third-order valence-corrected chi connectivity index (χ3v) is 1.52. The number of hydrogen-bond donors (Lipinski definition) is 6. The first-order valence-corrected chi connectivity index (χ1v) is 3.53. The van der Waals surface area contributed by atoms with Gasteiger partial charge < -0.3 is 30.6 Å². The van der Waals surface area contributed by atoms with E-state index < -0.39 is 17.9 Å². The van der Waals surface area contributed by atoms with Crippen molar-refractivity contribution in [2.75, 3.05) is 0 Å². The Hall–Kier alpha value is 0.760. The molecule has 0 aromatic heterocycles. The van der Waals surface area contributed by atoms with Gasteiger partial charge in [-0.1, -0.05) is 13.3 Å². The molecule has 0 radical (unpaired) electrons. The van der Waals surface area contributed by atoms with Crippen LogP contribution in [0.15, 0.2) is 0 Å². The summed E-state index contributed by atoms with van der Waals surface area (Å²) in [5, 5.41) is 51.7. The van der Waals surface area contributed by atoms with Gasteiger partial charge in [-0.2, -0.15) is 0 Å². The van der Waals surface area contributed by atoms with Crippen LogP contribution in [-0.4, -0.2) is 78.1 Å². The molecule has 0 aliphatic carbocycles. The van der Waals surface area contributed by atoms with Crippen LogP contribution in [0, 0.1) is 0 Å². The molecule has 6 N–H and O–H groups in total. The average molecular weight is 206 g/mol. The van der Waals surface area contributed by atoms with Gasteiger partial charge in [0.05, 0.1) is 0 Å². The van der Waals surface area contributed by atoms with Crippen molar-refractivity contribution < 1.29 is 30.6 Å². The Morgan fingerprint density at radius 1 is 1.08 bits per heavy atom. The molecule has 0 spiro atoms. The summed E-state index contributed by atoms with van der Waals surface area (Å²) in [4.78, 5) is 0. The van der Waals surface area contributed by atoms with Crippen LogP contribution in [0.4, 0.5) is 0 Å². The second kappa shape index (κ2) is 5.59.